The summed E-state index contributed by atoms with van der Waals surface area (Å²) in [6, 6.07) is 6.80. The normalized spacial score (nSPS) is 19.5. The lowest BCUT2D eigenvalue weighted by Gasteiger charge is -2.27. The van der Waals surface area contributed by atoms with Gasteiger partial charge in [0.25, 0.3) is 0 Å². The summed E-state index contributed by atoms with van der Waals surface area (Å²) in [6.07, 6.45) is 5.76. The van der Waals surface area contributed by atoms with Gasteiger partial charge < -0.3 is 5.32 Å². The van der Waals surface area contributed by atoms with Gasteiger partial charge in [0.15, 0.2) is 0 Å². The highest BCUT2D eigenvalue weighted by Gasteiger charge is 2.20. The monoisotopic (exact) mass is 255 g/mol. The summed E-state index contributed by atoms with van der Waals surface area (Å²) in [5, 5.41) is 4.57. The molecule has 0 saturated carbocycles. The van der Waals surface area contributed by atoms with Gasteiger partial charge in [0.2, 0.25) is 0 Å². The fraction of sp³-hybridized carbons (Fsp3) is 0.538. The third-order valence-electron chi connectivity index (χ3n) is 3.15. The van der Waals surface area contributed by atoms with Crippen LogP contribution in [0.25, 0.3) is 0 Å². The molecular formula is C13H18ClNS. The maximum Gasteiger partial charge on any atom is 0.0441 e. The van der Waals surface area contributed by atoms with Gasteiger partial charge in [-0.1, -0.05) is 23.7 Å². The van der Waals surface area contributed by atoms with E-state index in [2.05, 4.69) is 23.7 Å². The maximum atomic E-state index is 6.24. The zero-order chi connectivity index (χ0) is 11.4. The first kappa shape index (κ1) is 12.3. The molecule has 1 aliphatic rings. The fourth-order valence-electron chi connectivity index (χ4n) is 2.35. The van der Waals surface area contributed by atoms with Crippen molar-refractivity contribution in [1.29, 1.82) is 0 Å². The van der Waals surface area contributed by atoms with Crippen molar-refractivity contribution in [3.05, 3.63) is 34.3 Å². The van der Waals surface area contributed by atoms with Crippen LogP contribution in [0, 0.1) is 0 Å². The van der Waals surface area contributed by atoms with Crippen LogP contribution < -0.4 is 5.32 Å². The van der Waals surface area contributed by atoms with Crippen molar-refractivity contribution in [3.8, 4) is 0 Å². The molecule has 0 bridgehead atoms. The molecule has 0 aromatic heterocycles. The smallest absolute Gasteiger partial charge is 0.0441 e. The highest BCUT2D eigenvalue weighted by atomic mass is 35.5. The van der Waals surface area contributed by atoms with E-state index in [9.17, 15) is 0 Å². The second-order valence-corrected chi connectivity index (χ2v) is 5.59. The summed E-state index contributed by atoms with van der Waals surface area (Å²) in [5.74, 6) is 1.17. The molecule has 1 unspecified atom stereocenters. The molecule has 1 aromatic rings. The Morgan fingerprint density at radius 3 is 3.19 bits per heavy atom. The van der Waals surface area contributed by atoms with Crippen LogP contribution in [0.3, 0.4) is 0 Å². The van der Waals surface area contributed by atoms with Gasteiger partial charge >= 0.3 is 0 Å². The number of hydrogen-bond acceptors (Lipinski definition) is 2. The molecule has 1 nitrogen and oxygen atoms in total. The first-order valence-corrected chi connectivity index (χ1v) is 7.59. The van der Waals surface area contributed by atoms with Gasteiger partial charge in [-0.05, 0) is 42.7 Å². The highest BCUT2D eigenvalue weighted by Crippen LogP contribution is 2.33. The molecule has 1 N–H and O–H groups in total. The predicted molar refractivity (Wildman–Crippen MR) is 73.5 cm³/mol. The van der Waals surface area contributed by atoms with Gasteiger partial charge in [0, 0.05) is 23.4 Å². The van der Waals surface area contributed by atoms with Crippen molar-refractivity contribution in [2.75, 3.05) is 18.6 Å². The fourth-order valence-corrected chi connectivity index (χ4v) is 2.95. The van der Waals surface area contributed by atoms with E-state index in [1.54, 1.807) is 0 Å². The molecule has 2 rings (SSSR count). The average Bonchev–Trinajstić information content (AvgIpc) is 2.31. The molecule has 1 atom stereocenters. The number of halogens is 1. The lowest BCUT2D eigenvalue weighted by atomic mass is 9.87. The SMILES string of the molecule is CSCCNC1CCCc2c(Cl)cccc21. The molecule has 3 heteroatoms. The van der Waals surface area contributed by atoms with Crippen LogP contribution in [-0.2, 0) is 6.42 Å². The zero-order valence-electron chi connectivity index (χ0n) is 9.63. The number of nitrogens with one attached hydrogen (secondary N) is 1. The van der Waals surface area contributed by atoms with E-state index in [0.29, 0.717) is 6.04 Å². The Labute approximate surface area is 107 Å². The molecule has 1 aromatic carbocycles. The van der Waals surface area contributed by atoms with Crippen molar-refractivity contribution in [2.24, 2.45) is 0 Å². The summed E-state index contributed by atoms with van der Waals surface area (Å²) in [5.41, 5.74) is 2.77. The number of benzene rings is 1. The van der Waals surface area contributed by atoms with Crippen LogP contribution in [0.2, 0.25) is 5.02 Å². The summed E-state index contributed by atoms with van der Waals surface area (Å²) in [6.45, 7) is 1.08. The van der Waals surface area contributed by atoms with E-state index in [4.69, 9.17) is 11.6 Å². The summed E-state index contributed by atoms with van der Waals surface area (Å²) in [4.78, 5) is 0. The van der Waals surface area contributed by atoms with Crippen LogP contribution in [-0.4, -0.2) is 18.6 Å². The average molecular weight is 256 g/mol. The van der Waals surface area contributed by atoms with Gasteiger partial charge in [-0.3, -0.25) is 0 Å². The van der Waals surface area contributed by atoms with E-state index in [1.807, 2.05) is 17.8 Å². The molecule has 0 amide bonds. The Kier molecular flexibility index (Phi) is 4.56. The van der Waals surface area contributed by atoms with E-state index >= 15 is 0 Å². The number of fused-ring (bicyclic) bond motifs is 1. The third kappa shape index (κ3) is 2.73. The predicted octanol–water partition coefficient (Wildman–Crippen LogP) is 3.67. The Bertz CT molecular complexity index is 354. The molecular weight excluding hydrogens is 238 g/mol. The van der Waals surface area contributed by atoms with E-state index in [-0.39, 0.29) is 0 Å². The van der Waals surface area contributed by atoms with Gasteiger partial charge in [-0.25, -0.2) is 0 Å². The first-order chi connectivity index (χ1) is 7.83. The minimum absolute atomic E-state index is 0.509. The van der Waals surface area contributed by atoms with E-state index < -0.39 is 0 Å². The van der Waals surface area contributed by atoms with Crippen LogP contribution in [0.5, 0.6) is 0 Å². The Morgan fingerprint density at radius 2 is 2.38 bits per heavy atom. The lowest BCUT2D eigenvalue weighted by Crippen LogP contribution is -2.27. The molecule has 1 aliphatic carbocycles. The van der Waals surface area contributed by atoms with E-state index in [0.717, 1.165) is 18.0 Å². The molecule has 0 aliphatic heterocycles. The van der Waals surface area contributed by atoms with Crippen LogP contribution in [0.1, 0.15) is 30.0 Å². The van der Waals surface area contributed by atoms with Crippen LogP contribution in [0.15, 0.2) is 18.2 Å². The van der Waals surface area contributed by atoms with Crippen molar-refractivity contribution in [1.82, 2.24) is 5.32 Å². The molecule has 16 heavy (non-hydrogen) atoms. The quantitative estimate of drug-likeness (QED) is 0.824. The summed E-state index contributed by atoms with van der Waals surface area (Å²) < 4.78 is 0. The minimum Gasteiger partial charge on any atom is -0.309 e. The molecule has 88 valence electrons. The topological polar surface area (TPSA) is 12.0 Å². The molecule has 0 spiro atoms. The van der Waals surface area contributed by atoms with Crippen molar-refractivity contribution < 1.29 is 0 Å². The highest BCUT2D eigenvalue weighted by molar-refractivity contribution is 7.98. The molecule has 0 radical (unpaired) electrons. The zero-order valence-corrected chi connectivity index (χ0v) is 11.2. The molecule has 0 heterocycles. The number of hydrogen-bond donors (Lipinski definition) is 1. The first-order valence-electron chi connectivity index (χ1n) is 5.82. The second-order valence-electron chi connectivity index (χ2n) is 4.20. The molecule has 0 saturated heterocycles. The summed E-state index contributed by atoms with van der Waals surface area (Å²) in [7, 11) is 0. The van der Waals surface area contributed by atoms with Gasteiger partial charge in [0.05, 0.1) is 0 Å². The lowest BCUT2D eigenvalue weighted by molar-refractivity contribution is 0.473. The van der Waals surface area contributed by atoms with Crippen molar-refractivity contribution >= 4 is 23.4 Å². The standard InChI is InChI=1S/C13H18ClNS/c1-16-9-8-15-13-7-3-4-10-11(13)5-2-6-12(10)14/h2,5-6,13,15H,3-4,7-9H2,1H3. The van der Waals surface area contributed by atoms with Crippen molar-refractivity contribution in [2.45, 2.75) is 25.3 Å². The van der Waals surface area contributed by atoms with Gasteiger partial charge in [0.1, 0.15) is 0 Å². The number of rotatable bonds is 4. The van der Waals surface area contributed by atoms with Crippen LogP contribution in [0.4, 0.5) is 0 Å². The van der Waals surface area contributed by atoms with Crippen LogP contribution >= 0.6 is 23.4 Å². The second kappa shape index (κ2) is 5.95. The Morgan fingerprint density at radius 1 is 1.50 bits per heavy atom. The Balaban J connectivity index is 2.10. The maximum absolute atomic E-state index is 6.24. The van der Waals surface area contributed by atoms with Gasteiger partial charge in [-0.15, -0.1) is 0 Å². The largest absolute Gasteiger partial charge is 0.309 e. The van der Waals surface area contributed by atoms with Crippen molar-refractivity contribution in [3.63, 3.8) is 0 Å². The minimum atomic E-state index is 0.509. The number of thioether (sulfide) groups is 1. The molecule has 0 fully saturated rings. The summed E-state index contributed by atoms with van der Waals surface area (Å²) >= 11 is 8.12. The third-order valence-corrected chi connectivity index (χ3v) is 4.11. The Hall–Kier alpha value is -0.180. The van der Waals surface area contributed by atoms with Gasteiger partial charge in [-0.2, -0.15) is 11.8 Å². The van der Waals surface area contributed by atoms with E-state index in [1.165, 1.54) is 29.7 Å².